The van der Waals surface area contributed by atoms with E-state index in [4.69, 9.17) is 4.74 Å². The van der Waals surface area contributed by atoms with Gasteiger partial charge in [0.1, 0.15) is 0 Å². The molecule has 27 heavy (non-hydrogen) atoms. The molecule has 140 valence electrons. The Morgan fingerprint density at radius 2 is 1.89 bits per heavy atom. The number of nitrogens with one attached hydrogen (secondary N) is 1. The molecular weight excluding hydrogens is 344 g/mol. The minimum absolute atomic E-state index is 0.0898. The third kappa shape index (κ3) is 4.53. The Balaban J connectivity index is 1.56. The summed E-state index contributed by atoms with van der Waals surface area (Å²) in [5, 5.41) is 2.65. The van der Waals surface area contributed by atoms with Crippen LogP contribution in [0, 0.1) is 19.8 Å². The molecule has 1 N–H and O–H groups in total. The highest BCUT2D eigenvalue weighted by Gasteiger charge is 2.36. The fourth-order valence-electron chi connectivity index (χ4n) is 3.08. The SMILES string of the molecule is Cc1ccc(C)c(N2C[C@H](C(=O)OCC(=O)Nc3ccccc3)CC2=O)c1. The zero-order valence-electron chi connectivity index (χ0n) is 15.4. The Kier molecular flexibility index (Phi) is 5.54. The summed E-state index contributed by atoms with van der Waals surface area (Å²) in [5.74, 6) is -1.62. The predicted molar refractivity (Wildman–Crippen MR) is 102 cm³/mol. The highest BCUT2D eigenvalue weighted by Crippen LogP contribution is 2.29. The topological polar surface area (TPSA) is 75.7 Å². The van der Waals surface area contributed by atoms with Gasteiger partial charge in [-0.15, -0.1) is 0 Å². The maximum Gasteiger partial charge on any atom is 0.311 e. The molecule has 2 amide bonds. The first kappa shape index (κ1) is 18.6. The van der Waals surface area contributed by atoms with Crippen molar-refractivity contribution in [1.82, 2.24) is 0 Å². The number of carbonyl (C=O) groups excluding carboxylic acids is 3. The minimum atomic E-state index is -0.568. The Bertz CT molecular complexity index is 864. The maximum absolute atomic E-state index is 12.4. The number of ether oxygens (including phenoxy) is 1. The van der Waals surface area contributed by atoms with Crippen LogP contribution in [-0.2, 0) is 19.1 Å². The van der Waals surface area contributed by atoms with Gasteiger partial charge in [0, 0.05) is 24.3 Å². The van der Waals surface area contributed by atoms with E-state index in [1.807, 2.05) is 38.1 Å². The molecule has 1 saturated heterocycles. The first-order valence-electron chi connectivity index (χ1n) is 8.83. The number of amides is 2. The lowest BCUT2D eigenvalue weighted by Gasteiger charge is -2.19. The minimum Gasteiger partial charge on any atom is -0.455 e. The molecule has 1 atom stereocenters. The van der Waals surface area contributed by atoms with Crippen molar-refractivity contribution in [3.05, 3.63) is 59.7 Å². The van der Waals surface area contributed by atoms with E-state index in [2.05, 4.69) is 5.32 Å². The number of carbonyl (C=O) groups is 3. The van der Waals surface area contributed by atoms with Gasteiger partial charge in [0.25, 0.3) is 5.91 Å². The van der Waals surface area contributed by atoms with Crippen molar-refractivity contribution in [2.45, 2.75) is 20.3 Å². The number of rotatable bonds is 5. The second-order valence-electron chi connectivity index (χ2n) is 6.72. The second kappa shape index (κ2) is 8.03. The first-order valence-corrected chi connectivity index (χ1v) is 8.83. The molecule has 0 aliphatic carbocycles. The van der Waals surface area contributed by atoms with E-state index in [0.29, 0.717) is 5.69 Å². The zero-order valence-corrected chi connectivity index (χ0v) is 15.4. The van der Waals surface area contributed by atoms with Crippen LogP contribution in [0.1, 0.15) is 17.5 Å². The third-order valence-electron chi connectivity index (χ3n) is 4.52. The van der Waals surface area contributed by atoms with Gasteiger partial charge < -0.3 is 15.0 Å². The van der Waals surface area contributed by atoms with Crippen LogP contribution < -0.4 is 10.2 Å². The van der Waals surface area contributed by atoms with Crippen LogP contribution in [0.5, 0.6) is 0 Å². The number of aryl methyl sites for hydroxylation is 2. The molecule has 6 heteroatoms. The van der Waals surface area contributed by atoms with Crippen molar-refractivity contribution in [3.63, 3.8) is 0 Å². The van der Waals surface area contributed by atoms with Crippen LogP contribution in [-0.4, -0.2) is 30.9 Å². The molecule has 0 bridgehead atoms. The number of nitrogens with zero attached hydrogens (tertiary/aromatic N) is 1. The molecular formula is C21H22N2O4. The summed E-state index contributed by atoms with van der Waals surface area (Å²) in [4.78, 5) is 38.2. The van der Waals surface area contributed by atoms with Crippen molar-refractivity contribution in [2.24, 2.45) is 5.92 Å². The monoisotopic (exact) mass is 366 g/mol. The summed E-state index contributed by atoms with van der Waals surface area (Å²) in [7, 11) is 0. The molecule has 2 aromatic rings. The van der Waals surface area contributed by atoms with Gasteiger partial charge in [-0.3, -0.25) is 14.4 Å². The van der Waals surface area contributed by atoms with Gasteiger partial charge in [-0.25, -0.2) is 0 Å². The van der Waals surface area contributed by atoms with E-state index >= 15 is 0 Å². The van der Waals surface area contributed by atoms with Crippen molar-refractivity contribution in [2.75, 3.05) is 23.4 Å². The Labute approximate surface area is 158 Å². The van der Waals surface area contributed by atoms with Crippen LogP contribution in [0.25, 0.3) is 0 Å². The molecule has 0 radical (unpaired) electrons. The van der Waals surface area contributed by atoms with Crippen molar-refractivity contribution in [3.8, 4) is 0 Å². The summed E-state index contributed by atoms with van der Waals surface area (Å²) in [6, 6.07) is 14.8. The van der Waals surface area contributed by atoms with Crippen LogP contribution in [0.15, 0.2) is 48.5 Å². The summed E-state index contributed by atoms with van der Waals surface area (Å²) >= 11 is 0. The van der Waals surface area contributed by atoms with Crippen LogP contribution in [0.2, 0.25) is 0 Å². The van der Waals surface area contributed by atoms with E-state index in [9.17, 15) is 14.4 Å². The summed E-state index contributed by atoms with van der Waals surface area (Å²) in [5.41, 5.74) is 3.48. The maximum atomic E-state index is 12.4. The van der Waals surface area contributed by atoms with Crippen molar-refractivity contribution < 1.29 is 19.1 Å². The van der Waals surface area contributed by atoms with Gasteiger partial charge in [-0.2, -0.15) is 0 Å². The standard InChI is InChI=1S/C21H22N2O4/c1-14-8-9-15(2)18(10-14)23-12-16(11-20(23)25)21(26)27-13-19(24)22-17-6-4-3-5-7-17/h3-10,16H,11-13H2,1-2H3,(H,22,24)/t16-/m1/s1. The van der Waals surface area contributed by atoms with Crippen LogP contribution >= 0.6 is 0 Å². The quantitative estimate of drug-likeness (QED) is 0.826. The zero-order chi connectivity index (χ0) is 19.4. The van der Waals surface area contributed by atoms with Crippen molar-refractivity contribution in [1.29, 1.82) is 0 Å². The Morgan fingerprint density at radius 1 is 1.15 bits per heavy atom. The molecule has 1 heterocycles. The van der Waals surface area contributed by atoms with Gasteiger partial charge in [0.05, 0.1) is 5.92 Å². The highest BCUT2D eigenvalue weighted by molar-refractivity contribution is 6.00. The van der Waals surface area contributed by atoms with Crippen molar-refractivity contribution >= 4 is 29.2 Å². The van der Waals surface area contributed by atoms with Gasteiger partial charge >= 0.3 is 5.97 Å². The molecule has 0 unspecified atom stereocenters. The van der Waals surface area contributed by atoms with E-state index < -0.39 is 17.8 Å². The van der Waals surface area contributed by atoms with E-state index in [1.54, 1.807) is 29.2 Å². The van der Waals surface area contributed by atoms with Gasteiger partial charge in [-0.1, -0.05) is 30.3 Å². The summed E-state index contributed by atoms with van der Waals surface area (Å²) < 4.78 is 5.12. The number of anilines is 2. The molecule has 3 rings (SSSR count). The summed E-state index contributed by atoms with van der Waals surface area (Å²) in [6.45, 7) is 3.78. The third-order valence-corrected chi connectivity index (χ3v) is 4.52. The average Bonchev–Trinajstić information content (AvgIpc) is 3.04. The Hall–Kier alpha value is -3.15. The number of hydrogen-bond acceptors (Lipinski definition) is 4. The normalized spacial score (nSPS) is 16.3. The lowest BCUT2D eigenvalue weighted by molar-refractivity contribution is -0.151. The van der Waals surface area contributed by atoms with E-state index in [-0.39, 0.29) is 25.5 Å². The fraction of sp³-hybridized carbons (Fsp3) is 0.286. The Morgan fingerprint density at radius 3 is 2.63 bits per heavy atom. The second-order valence-corrected chi connectivity index (χ2v) is 6.72. The number of para-hydroxylation sites is 1. The molecule has 1 aliphatic rings. The predicted octanol–water partition coefficient (Wildman–Crippen LogP) is 2.84. The molecule has 2 aromatic carbocycles. The van der Waals surface area contributed by atoms with E-state index in [0.717, 1.165) is 16.8 Å². The first-order chi connectivity index (χ1) is 12.9. The molecule has 1 fully saturated rings. The van der Waals surface area contributed by atoms with Gasteiger partial charge in [0.15, 0.2) is 6.61 Å². The average molecular weight is 366 g/mol. The lowest BCUT2D eigenvalue weighted by Crippen LogP contribution is -2.28. The van der Waals surface area contributed by atoms with Gasteiger partial charge in [0.2, 0.25) is 5.91 Å². The summed E-state index contributed by atoms with van der Waals surface area (Å²) in [6.07, 6.45) is 0.0898. The van der Waals surface area contributed by atoms with Crippen LogP contribution in [0.3, 0.4) is 0 Å². The molecule has 0 saturated carbocycles. The van der Waals surface area contributed by atoms with E-state index in [1.165, 1.54) is 0 Å². The number of esters is 1. The van der Waals surface area contributed by atoms with Crippen LogP contribution in [0.4, 0.5) is 11.4 Å². The molecule has 1 aliphatic heterocycles. The lowest BCUT2D eigenvalue weighted by atomic mass is 10.1. The number of hydrogen-bond donors (Lipinski definition) is 1. The number of benzene rings is 2. The largest absolute Gasteiger partial charge is 0.455 e. The molecule has 0 spiro atoms. The smallest absolute Gasteiger partial charge is 0.311 e. The highest BCUT2D eigenvalue weighted by atomic mass is 16.5. The molecule has 6 nitrogen and oxygen atoms in total. The van der Waals surface area contributed by atoms with Gasteiger partial charge in [-0.05, 0) is 43.2 Å². The molecule has 0 aromatic heterocycles. The fourth-order valence-corrected chi connectivity index (χ4v) is 3.08.